The molecule has 0 aliphatic carbocycles. The maximum atomic E-state index is 11.5. The van der Waals surface area contributed by atoms with E-state index < -0.39 is 0 Å². The van der Waals surface area contributed by atoms with Gasteiger partial charge < -0.3 is 4.90 Å². The third-order valence-electron chi connectivity index (χ3n) is 3.47. The normalized spacial score (nSPS) is 15.0. The van der Waals surface area contributed by atoms with Gasteiger partial charge in [-0.2, -0.15) is 0 Å². The lowest BCUT2D eigenvalue weighted by molar-refractivity contribution is 0.243. The number of thioether (sulfide) groups is 1. The SMILES string of the molecule is O=C1SCCN1C=CCc1cccc(-c2ccccc2)c1. The second-order valence-electron chi connectivity index (χ2n) is 4.96. The first-order chi connectivity index (χ1) is 10.3. The molecule has 1 heterocycles. The molecule has 0 saturated carbocycles. The quantitative estimate of drug-likeness (QED) is 0.823. The predicted octanol–water partition coefficient (Wildman–Crippen LogP) is 4.58. The average Bonchev–Trinajstić information content (AvgIpc) is 2.94. The first-order valence-electron chi connectivity index (χ1n) is 7.07. The summed E-state index contributed by atoms with van der Waals surface area (Å²) in [5.74, 6) is 0.896. The van der Waals surface area contributed by atoms with E-state index in [0.29, 0.717) is 0 Å². The molecule has 0 aromatic heterocycles. The molecule has 0 spiro atoms. The van der Waals surface area contributed by atoms with Crippen LogP contribution in [0.3, 0.4) is 0 Å². The molecule has 1 aliphatic heterocycles. The van der Waals surface area contributed by atoms with Crippen molar-refractivity contribution in [1.82, 2.24) is 4.90 Å². The third-order valence-corrected chi connectivity index (χ3v) is 4.33. The molecule has 106 valence electrons. The minimum Gasteiger partial charge on any atom is -0.309 e. The highest BCUT2D eigenvalue weighted by Gasteiger charge is 2.17. The summed E-state index contributed by atoms with van der Waals surface area (Å²) in [6, 6.07) is 18.9. The van der Waals surface area contributed by atoms with E-state index in [0.717, 1.165) is 18.7 Å². The molecule has 0 bridgehead atoms. The highest BCUT2D eigenvalue weighted by Crippen LogP contribution is 2.21. The third kappa shape index (κ3) is 3.56. The predicted molar refractivity (Wildman–Crippen MR) is 89.3 cm³/mol. The largest absolute Gasteiger partial charge is 0.309 e. The van der Waals surface area contributed by atoms with Gasteiger partial charge in [-0.3, -0.25) is 4.79 Å². The number of benzene rings is 2. The summed E-state index contributed by atoms with van der Waals surface area (Å²) < 4.78 is 0. The van der Waals surface area contributed by atoms with Crippen molar-refractivity contribution in [3.05, 3.63) is 72.4 Å². The van der Waals surface area contributed by atoms with Crippen LogP contribution in [0.15, 0.2) is 66.9 Å². The smallest absolute Gasteiger partial charge is 0.285 e. The van der Waals surface area contributed by atoms with Crippen LogP contribution in [0.4, 0.5) is 4.79 Å². The van der Waals surface area contributed by atoms with Gasteiger partial charge in [0.1, 0.15) is 0 Å². The number of rotatable bonds is 4. The Kier molecular flexibility index (Phi) is 4.41. The molecule has 2 aromatic rings. The summed E-state index contributed by atoms with van der Waals surface area (Å²) in [7, 11) is 0. The van der Waals surface area contributed by atoms with E-state index in [1.54, 1.807) is 4.90 Å². The minimum absolute atomic E-state index is 0.157. The van der Waals surface area contributed by atoms with Crippen molar-refractivity contribution in [2.24, 2.45) is 0 Å². The fraction of sp³-hybridized carbons (Fsp3) is 0.167. The van der Waals surface area contributed by atoms with Crippen LogP contribution >= 0.6 is 11.8 Å². The van der Waals surface area contributed by atoms with E-state index in [-0.39, 0.29) is 5.24 Å². The lowest BCUT2D eigenvalue weighted by Gasteiger charge is -2.07. The number of nitrogens with zero attached hydrogens (tertiary/aromatic N) is 1. The van der Waals surface area contributed by atoms with Crippen LogP contribution in [0.25, 0.3) is 11.1 Å². The summed E-state index contributed by atoms with van der Waals surface area (Å²) in [5, 5.41) is 0.157. The molecule has 3 heteroatoms. The number of carbonyl (C=O) groups excluding carboxylic acids is 1. The monoisotopic (exact) mass is 295 g/mol. The van der Waals surface area contributed by atoms with E-state index in [1.165, 1.54) is 28.5 Å². The van der Waals surface area contributed by atoms with Crippen LogP contribution in [-0.4, -0.2) is 22.4 Å². The van der Waals surface area contributed by atoms with Crippen molar-refractivity contribution >= 4 is 17.0 Å². The van der Waals surface area contributed by atoms with Gasteiger partial charge in [0.25, 0.3) is 5.24 Å². The molecule has 1 amide bonds. The highest BCUT2D eigenvalue weighted by molar-refractivity contribution is 8.13. The number of hydrogen-bond donors (Lipinski definition) is 0. The fourth-order valence-corrected chi connectivity index (χ4v) is 3.15. The van der Waals surface area contributed by atoms with E-state index in [4.69, 9.17) is 0 Å². The van der Waals surface area contributed by atoms with Crippen LogP contribution in [0.2, 0.25) is 0 Å². The van der Waals surface area contributed by atoms with Gasteiger partial charge in [-0.05, 0) is 23.1 Å². The Morgan fingerprint density at radius 3 is 2.62 bits per heavy atom. The minimum atomic E-state index is 0.157. The van der Waals surface area contributed by atoms with Gasteiger partial charge in [-0.15, -0.1) is 0 Å². The Bertz CT molecular complexity index is 651. The molecule has 1 aliphatic rings. The zero-order chi connectivity index (χ0) is 14.5. The van der Waals surface area contributed by atoms with E-state index >= 15 is 0 Å². The maximum absolute atomic E-state index is 11.5. The molecule has 1 saturated heterocycles. The molecule has 0 atom stereocenters. The number of hydrogen-bond acceptors (Lipinski definition) is 2. The summed E-state index contributed by atoms with van der Waals surface area (Å²) in [6.07, 6.45) is 4.82. The van der Waals surface area contributed by atoms with Crippen LogP contribution in [0, 0.1) is 0 Å². The van der Waals surface area contributed by atoms with Crippen molar-refractivity contribution in [2.75, 3.05) is 12.3 Å². The summed E-state index contributed by atoms with van der Waals surface area (Å²) >= 11 is 1.39. The molecule has 21 heavy (non-hydrogen) atoms. The highest BCUT2D eigenvalue weighted by atomic mass is 32.2. The molecule has 1 fully saturated rings. The second kappa shape index (κ2) is 6.64. The molecule has 3 rings (SSSR count). The molecule has 0 radical (unpaired) electrons. The summed E-state index contributed by atoms with van der Waals surface area (Å²) in [4.78, 5) is 13.3. The van der Waals surface area contributed by atoms with Crippen molar-refractivity contribution in [2.45, 2.75) is 6.42 Å². The summed E-state index contributed by atoms with van der Waals surface area (Å²) in [6.45, 7) is 0.823. The first-order valence-corrected chi connectivity index (χ1v) is 8.06. The van der Waals surface area contributed by atoms with Crippen LogP contribution in [0.1, 0.15) is 5.56 Å². The lowest BCUT2D eigenvalue weighted by Crippen LogP contribution is -2.15. The van der Waals surface area contributed by atoms with Crippen molar-refractivity contribution in [3.8, 4) is 11.1 Å². The zero-order valence-corrected chi connectivity index (χ0v) is 12.6. The van der Waals surface area contributed by atoms with Crippen molar-refractivity contribution in [1.29, 1.82) is 0 Å². The van der Waals surface area contributed by atoms with E-state index in [9.17, 15) is 4.79 Å². The first kappa shape index (κ1) is 14.0. The summed E-state index contributed by atoms with van der Waals surface area (Å²) in [5.41, 5.74) is 3.72. The van der Waals surface area contributed by atoms with E-state index in [2.05, 4.69) is 54.6 Å². The second-order valence-corrected chi connectivity index (χ2v) is 6.01. The van der Waals surface area contributed by atoms with Crippen molar-refractivity contribution < 1.29 is 4.79 Å². The molecular formula is C18H17NOS. The maximum Gasteiger partial charge on any atom is 0.285 e. The topological polar surface area (TPSA) is 20.3 Å². The van der Waals surface area contributed by atoms with Gasteiger partial charge in [0.05, 0.1) is 0 Å². The fourth-order valence-electron chi connectivity index (χ4n) is 2.37. The lowest BCUT2D eigenvalue weighted by atomic mass is 10.0. The molecular weight excluding hydrogens is 278 g/mol. The van der Waals surface area contributed by atoms with Gasteiger partial charge >= 0.3 is 0 Å². The Hall–Kier alpha value is -2.00. The molecule has 2 aromatic carbocycles. The zero-order valence-electron chi connectivity index (χ0n) is 11.7. The number of carbonyl (C=O) groups is 1. The van der Waals surface area contributed by atoms with Crippen LogP contribution < -0.4 is 0 Å². The van der Waals surface area contributed by atoms with Gasteiger partial charge in [0, 0.05) is 18.5 Å². The Morgan fingerprint density at radius 1 is 1.05 bits per heavy atom. The van der Waals surface area contributed by atoms with E-state index in [1.807, 2.05) is 12.3 Å². The van der Waals surface area contributed by atoms with Crippen LogP contribution in [-0.2, 0) is 6.42 Å². The Labute approximate surface area is 129 Å². The van der Waals surface area contributed by atoms with Gasteiger partial charge in [0.2, 0.25) is 0 Å². The molecule has 0 unspecified atom stereocenters. The van der Waals surface area contributed by atoms with Gasteiger partial charge in [-0.25, -0.2) is 0 Å². The van der Waals surface area contributed by atoms with Gasteiger partial charge in [0.15, 0.2) is 0 Å². The Morgan fingerprint density at radius 2 is 1.86 bits per heavy atom. The van der Waals surface area contributed by atoms with Crippen molar-refractivity contribution in [3.63, 3.8) is 0 Å². The number of amides is 1. The molecule has 0 N–H and O–H groups in total. The number of allylic oxidation sites excluding steroid dienone is 1. The molecule has 2 nitrogen and oxygen atoms in total. The Balaban J connectivity index is 1.69. The average molecular weight is 295 g/mol. The van der Waals surface area contributed by atoms with Crippen LogP contribution in [0.5, 0.6) is 0 Å². The standard InChI is InChI=1S/C18H17NOS/c20-18-19(12-13-21-18)11-5-7-15-6-4-10-17(14-15)16-8-2-1-3-9-16/h1-6,8-11,14H,7,12-13H2. The van der Waals surface area contributed by atoms with Gasteiger partial charge in [-0.1, -0.05) is 72.4 Å².